The lowest BCUT2D eigenvalue weighted by Gasteiger charge is -2.08. The molecule has 0 radical (unpaired) electrons. The Morgan fingerprint density at radius 2 is 2.10 bits per heavy atom. The quantitative estimate of drug-likeness (QED) is 0.732. The number of aryl methyl sites for hydroxylation is 1. The molecular formula is C14H11ClFN3O. The number of nitrogens with zero attached hydrogens (tertiary/aromatic N) is 2. The lowest BCUT2D eigenvalue weighted by atomic mass is 10.2. The molecule has 2 N–H and O–H groups in total. The number of fused-ring (bicyclic) bond motifs is 1. The Labute approximate surface area is 119 Å². The molecule has 0 bridgehead atoms. The highest BCUT2D eigenvalue weighted by atomic mass is 35.5. The van der Waals surface area contributed by atoms with Crippen molar-refractivity contribution in [1.29, 1.82) is 0 Å². The van der Waals surface area contributed by atoms with Crippen LogP contribution >= 0.6 is 11.6 Å². The lowest BCUT2D eigenvalue weighted by molar-refractivity contribution is 0.478. The van der Waals surface area contributed by atoms with E-state index >= 15 is 0 Å². The van der Waals surface area contributed by atoms with Crippen molar-refractivity contribution in [2.45, 2.75) is 0 Å². The van der Waals surface area contributed by atoms with Crippen molar-refractivity contribution in [2.75, 3.05) is 5.73 Å². The number of imidazole rings is 1. The van der Waals surface area contributed by atoms with E-state index in [1.54, 1.807) is 42.2 Å². The van der Waals surface area contributed by atoms with E-state index in [-0.39, 0.29) is 0 Å². The first kappa shape index (κ1) is 12.7. The molecule has 0 atom stereocenters. The molecule has 2 aromatic carbocycles. The summed E-state index contributed by atoms with van der Waals surface area (Å²) in [5.41, 5.74) is 7.10. The van der Waals surface area contributed by atoms with Crippen LogP contribution in [0.15, 0.2) is 36.7 Å². The Hall–Kier alpha value is -2.27. The zero-order chi connectivity index (χ0) is 14.3. The normalized spacial score (nSPS) is 10.9. The van der Waals surface area contributed by atoms with Crippen LogP contribution in [-0.2, 0) is 7.05 Å². The molecular weight excluding hydrogens is 281 g/mol. The standard InChI is InChI=1S/C14H11ClFN3O/c1-19-7-18-12-6-9(5-11(16)14(12)19)20-13-3-2-8(17)4-10(13)15/h2-7H,17H2,1H3. The fourth-order valence-corrected chi connectivity index (χ4v) is 2.23. The van der Waals surface area contributed by atoms with Crippen LogP contribution in [0, 0.1) is 5.82 Å². The van der Waals surface area contributed by atoms with E-state index in [2.05, 4.69) is 4.98 Å². The first-order chi connectivity index (χ1) is 9.54. The Bertz CT molecular complexity index is 800. The summed E-state index contributed by atoms with van der Waals surface area (Å²) in [5.74, 6) is 0.347. The molecule has 6 heteroatoms. The van der Waals surface area contributed by atoms with Crippen molar-refractivity contribution in [3.8, 4) is 11.5 Å². The van der Waals surface area contributed by atoms with Crippen molar-refractivity contribution < 1.29 is 9.13 Å². The largest absolute Gasteiger partial charge is 0.456 e. The number of benzene rings is 2. The summed E-state index contributed by atoms with van der Waals surface area (Å²) < 4.78 is 21.2. The Balaban J connectivity index is 2.02. The predicted octanol–water partition coefficient (Wildman–Crippen LogP) is 3.74. The van der Waals surface area contributed by atoms with Gasteiger partial charge in [-0.15, -0.1) is 0 Å². The second-order valence-electron chi connectivity index (χ2n) is 4.42. The van der Waals surface area contributed by atoms with E-state index in [9.17, 15) is 4.39 Å². The first-order valence-electron chi connectivity index (χ1n) is 5.88. The monoisotopic (exact) mass is 291 g/mol. The average Bonchev–Trinajstić information content (AvgIpc) is 2.75. The minimum atomic E-state index is -0.399. The second kappa shape index (κ2) is 4.68. The zero-order valence-electron chi connectivity index (χ0n) is 10.6. The number of aromatic nitrogens is 2. The molecule has 0 saturated carbocycles. The maximum absolute atomic E-state index is 14.0. The number of nitrogen functional groups attached to an aromatic ring is 1. The molecule has 0 amide bonds. The third kappa shape index (κ3) is 2.16. The second-order valence-corrected chi connectivity index (χ2v) is 4.83. The SMILES string of the molecule is Cn1cnc2cc(Oc3ccc(N)cc3Cl)cc(F)c21. The Morgan fingerprint density at radius 3 is 2.85 bits per heavy atom. The summed E-state index contributed by atoms with van der Waals surface area (Å²) >= 11 is 6.02. The van der Waals surface area contributed by atoms with Gasteiger partial charge < -0.3 is 15.0 Å². The van der Waals surface area contributed by atoms with Crippen LogP contribution in [0.25, 0.3) is 11.0 Å². The molecule has 3 aromatic rings. The van der Waals surface area contributed by atoms with Gasteiger partial charge in [-0.05, 0) is 18.2 Å². The van der Waals surface area contributed by atoms with Gasteiger partial charge in [-0.3, -0.25) is 0 Å². The zero-order valence-corrected chi connectivity index (χ0v) is 11.4. The highest BCUT2D eigenvalue weighted by molar-refractivity contribution is 6.32. The highest BCUT2D eigenvalue weighted by Crippen LogP contribution is 2.32. The Morgan fingerprint density at radius 1 is 1.30 bits per heavy atom. The van der Waals surface area contributed by atoms with Crippen LogP contribution in [0.2, 0.25) is 5.02 Å². The summed E-state index contributed by atoms with van der Waals surface area (Å²) in [4.78, 5) is 4.11. The molecule has 102 valence electrons. The highest BCUT2D eigenvalue weighted by Gasteiger charge is 2.11. The molecule has 0 saturated heterocycles. The van der Waals surface area contributed by atoms with Gasteiger partial charge in [-0.25, -0.2) is 9.37 Å². The molecule has 0 aliphatic rings. The lowest BCUT2D eigenvalue weighted by Crippen LogP contribution is -1.92. The predicted molar refractivity (Wildman–Crippen MR) is 76.6 cm³/mol. The van der Waals surface area contributed by atoms with E-state index in [1.165, 1.54) is 6.07 Å². The third-order valence-electron chi connectivity index (χ3n) is 2.92. The van der Waals surface area contributed by atoms with E-state index in [0.29, 0.717) is 33.2 Å². The van der Waals surface area contributed by atoms with E-state index in [0.717, 1.165) is 0 Å². The van der Waals surface area contributed by atoms with Crippen molar-refractivity contribution in [1.82, 2.24) is 9.55 Å². The summed E-state index contributed by atoms with van der Waals surface area (Å²) in [6, 6.07) is 7.84. The summed E-state index contributed by atoms with van der Waals surface area (Å²) in [7, 11) is 1.73. The maximum atomic E-state index is 14.0. The van der Waals surface area contributed by atoms with Crippen molar-refractivity contribution in [3.63, 3.8) is 0 Å². The number of hydrogen-bond acceptors (Lipinski definition) is 3. The number of rotatable bonds is 2. The van der Waals surface area contributed by atoms with Gasteiger partial charge in [0, 0.05) is 24.9 Å². The molecule has 1 aromatic heterocycles. The van der Waals surface area contributed by atoms with Crippen LogP contribution in [0.4, 0.5) is 10.1 Å². The molecule has 0 aliphatic heterocycles. The smallest absolute Gasteiger partial charge is 0.152 e. The van der Waals surface area contributed by atoms with Crippen LogP contribution in [0.1, 0.15) is 0 Å². The molecule has 0 unspecified atom stereocenters. The van der Waals surface area contributed by atoms with Gasteiger partial charge in [-0.2, -0.15) is 0 Å². The molecule has 1 heterocycles. The first-order valence-corrected chi connectivity index (χ1v) is 6.26. The molecule has 0 aliphatic carbocycles. The summed E-state index contributed by atoms with van der Waals surface area (Å²) in [6.07, 6.45) is 1.55. The summed E-state index contributed by atoms with van der Waals surface area (Å²) in [5, 5.41) is 0.367. The number of ether oxygens (including phenoxy) is 1. The van der Waals surface area contributed by atoms with Crippen LogP contribution in [0.3, 0.4) is 0 Å². The van der Waals surface area contributed by atoms with Gasteiger partial charge >= 0.3 is 0 Å². The van der Waals surface area contributed by atoms with Crippen LogP contribution < -0.4 is 10.5 Å². The molecule has 0 spiro atoms. The Kier molecular flexibility index (Phi) is 2.99. The minimum absolute atomic E-state index is 0.334. The van der Waals surface area contributed by atoms with E-state index in [4.69, 9.17) is 22.1 Å². The van der Waals surface area contributed by atoms with Crippen molar-refractivity contribution >= 4 is 28.3 Å². The molecule has 3 rings (SSSR count). The maximum Gasteiger partial charge on any atom is 0.152 e. The number of nitrogens with two attached hydrogens (primary N) is 1. The molecule has 4 nitrogen and oxygen atoms in total. The number of hydrogen-bond donors (Lipinski definition) is 1. The van der Waals surface area contributed by atoms with Crippen LogP contribution in [0.5, 0.6) is 11.5 Å². The summed E-state index contributed by atoms with van der Waals surface area (Å²) in [6.45, 7) is 0. The fraction of sp³-hybridized carbons (Fsp3) is 0.0714. The van der Waals surface area contributed by atoms with E-state index in [1.807, 2.05) is 0 Å². The molecule has 20 heavy (non-hydrogen) atoms. The van der Waals surface area contributed by atoms with Gasteiger partial charge in [0.15, 0.2) is 5.82 Å². The fourth-order valence-electron chi connectivity index (χ4n) is 2.00. The van der Waals surface area contributed by atoms with Crippen molar-refractivity contribution in [2.24, 2.45) is 7.05 Å². The van der Waals surface area contributed by atoms with Gasteiger partial charge in [0.2, 0.25) is 0 Å². The van der Waals surface area contributed by atoms with Gasteiger partial charge in [0.05, 0.1) is 16.9 Å². The van der Waals surface area contributed by atoms with E-state index < -0.39 is 5.82 Å². The topological polar surface area (TPSA) is 53.1 Å². The van der Waals surface area contributed by atoms with Crippen LogP contribution in [-0.4, -0.2) is 9.55 Å². The van der Waals surface area contributed by atoms with Gasteiger partial charge in [0.25, 0.3) is 0 Å². The minimum Gasteiger partial charge on any atom is -0.456 e. The molecule has 0 fully saturated rings. The number of anilines is 1. The van der Waals surface area contributed by atoms with Gasteiger partial charge in [0.1, 0.15) is 17.0 Å². The van der Waals surface area contributed by atoms with Crippen molar-refractivity contribution in [3.05, 3.63) is 47.5 Å². The third-order valence-corrected chi connectivity index (χ3v) is 3.22. The number of halogens is 2. The average molecular weight is 292 g/mol. The van der Waals surface area contributed by atoms with Gasteiger partial charge in [-0.1, -0.05) is 11.6 Å².